The molecule has 1 rings (SSSR count). The van der Waals surface area contributed by atoms with Gasteiger partial charge in [-0.15, -0.1) is 0 Å². The number of ketones is 1. The van der Waals surface area contributed by atoms with Crippen LogP contribution in [-0.2, 0) is 4.79 Å². The maximum atomic E-state index is 11.7. The lowest BCUT2D eigenvalue weighted by molar-refractivity contribution is -0.119. The largest absolute Gasteiger partial charge is 0.324 e. The smallest absolute Gasteiger partial charge is 0.134 e. The van der Waals surface area contributed by atoms with Gasteiger partial charge in [0.25, 0.3) is 0 Å². The Balaban J connectivity index is 2.26. The van der Waals surface area contributed by atoms with Crippen LogP contribution in [-0.4, -0.2) is 5.78 Å². The molecule has 0 fully saturated rings. The van der Waals surface area contributed by atoms with E-state index in [9.17, 15) is 4.79 Å². The van der Waals surface area contributed by atoms with E-state index in [4.69, 9.17) is 5.73 Å². The van der Waals surface area contributed by atoms with Crippen molar-refractivity contribution in [2.45, 2.75) is 51.5 Å². The van der Waals surface area contributed by atoms with Gasteiger partial charge < -0.3 is 5.73 Å². The molecule has 1 aromatic carbocycles. The van der Waals surface area contributed by atoms with Crippen LogP contribution in [0, 0.1) is 0 Å². The molecule has 17 heavy (non-hydrogen) atoms. The van der Waals surface area contributed by atoms with E-state index in [2.05, 4.69) is 6.92 Å². The van der Waals surface area contributed by atoms with E-state index in [1.807, 2.05) is 30.3 Å². The first-order chi connectivity index (χ1) is 8.24. The average molecular weight is 233 g/mol. The Morgan fingerprint density at radius 2 is 1.88 bits per heavy atom. The summed E-state index contributed by atoms with van der Waals surface area (Å²) in [5, 5.41) is 0. The average Bonchev–Trinajstić information content (AvgIpc) is 2.36. The molecule has 0 amide bonds. The third kappa shape index (κ3) is 5.64. The Kier molecular flexibility index (Phi) is 6.56. The summed E-state index contributed by atoms with van der Waals surface area (Å²) in [5.74, 6) is 0.289. The highest BCUT2D eigenvalue weighted by molar-refractivity contribution is 5.79. The summed E-state index contributed by atoms with van der Waals surface area (Å²) in [6, 6.07) is 9.70. The van der Waals surface area contributed by atoms with Crippen molar-refractivity contribution in [2.75, 3.05) is 0 Å². The Bertz CT molecular complexity index is 321. The number of benzene rings is 1. The molecule has 0 spiro atoms. The predicted octanol–water partition coefficient (Wildman–Crippen LogP) is 3.62. The first-order valence-electron chi connectivity index (χ1n) is 6.56. The molecule has 0 heterocycles. The van der Waals surface area contributed by atoms with E-state index in [1.54, 1.807) is 0 Å². The number of Topliss-reactive ketones (excluding diaryl/α,β-unsaturated/α-hetero) is 1. The van der Waals surface area contributed by atoms with Crippen LogP contribution >= 0.6 is 0 Å². The molecule has 0 bridgehead atoms. The zero-order chi connectivity index (χ0) is 12.5. The number of rotatable bonds is 8. The van der Waals surface area contributed by atoms with Gasteiger partial charge in [-0.25, -0.2) is 0 Å². The Hall–Kier alpha value is -1.15. The molecule has 2 N–H and O–H groups in total. The Morgan fingerprint density at radius 1 is 1.18 bits per heavy atom. The Morgan fingerprint density at radius 3 is 2.53 bits per heavy atom. The highest BCUT2D eigenvalue weighted by Gasteiger charge is 2.10. The van der Waals surface area contributed by atoms with Crippen LogP contribution in [0.3, 0.4) is 0 Å². The topological polar surface area (TPSA) is 43.1 Å². The summed E-state index contributed by atoms with van der Waals surface area (Å²) in [5.41, 5.74) is 7.06. The number of hydrogen-bond acceptors (Lipinski definition) is 2. The van der Waals surface area contributed by atoms with Crippen molar-refractivity contribution >= 4 is 5.78 Å². The minimum Gasteiger partial charge on any atom is -0.324 e. The van der Waals surface area contributed by atoms with Crippen molar-refractivity contribution in [3.05, 3.63) is 35.9 Å². The molecule has 0 aliphatic carbocycles. The zero-order valence-electron chi connectivity index (χ0n) is 10.7. The van der Waals surface area contributed by atoms with Crippen molar-refractivity contribution in [2.24, 2.45) is 5.73 Å². The van der Waals surface area contributed by atoms with E-state index in [-0.39, 0.29) is 11.8 Å². The zero-order valence-corrected chi connectivity index (χ0v) is 10.7. The molecule has 0 aromatic heterocycles. The molecular formula is C15H23NO. The highest BCUT2D eigenvalue weighted by Crippen LogP contribution is 2.15. The van der Waals surface area contributed by atoms with Gasteiger partial charge in [0.15, 0.2) is 0 Å². The molecular weight excluding hydrogens is 210 g/mol. The van der Waals surface area contributed by atoms with E-state index >= 15 is 0 Å². The summed E-state index contributed by atoms with van der Waals surface area (Å²) in [4.78, 5) is 11.7. The number of hydrogen-bond donors (Lipinski definition) is 1. The molecule has 0 aliphatic heterocycles. The van der Waals surface area contributed by atoms with Gasteiger partial charge in [-0.05, 0) is 12.0 Å². The van der Waals surface area contributed by atoms with Crippen LogP contribution in [0.25, 0.3) is 0 Å². The first-order valence-corrected chi connectivity index (χ1v) is 6.56. The number of carbonyl (C=O) groups is 1. The molecule has 0 saturated heterocycles. The van der Waals surface area contributed by atoms with Crippen molar-refractivity contribution in [1.82, 2.24) is 0 Å². The first kappa shape index (κ1) is 13.9. The second-order valence-corrected chi connectivity index (χ2v) is 4.57. The summed E-state index contributed by atoms with van der Waals surface area (Å²) in [7, 11) is 0. The number of nitrogens with two attached hydrogens (primary N) is 1. The minimum absolute atomic E-state index is 0.144. The van der Waals surface area contributed by atoms with Crippen molar-refractivity contribution in [1.29, 1.82) is 0 Å². The van der Waals surface area contributed by atoms with Crippen molar-refractivity contribution in [3.8, 4) is 0 Å². The van der Waals surface area contributed by atoms with Gasteiger partial charge in [-0.1, -0.05) is 56.5 Å². The lowest BCUT2D eigenvalue weighted by Gasteiger charge is -2.10. The van der Waals surface area contributed by atoms with Crippen LogP contribution in [0.2, 0.25) is 0 Å². The lowest BCUT2D eigenvalue weighted by Crippen LogP contribution is -2.15. The van der Waals surface area contributed by atoms with E-state index in [0.29, 0.717) is 12.8 Å². The predicted molar refractivity (Wildman–Crippen MR) is 71.8 cm³/mol. The maximum Gasteiger partial charge on any atom is 0.134 e. The molecule has 1 atom stereocenters. The fourth-order valence-corrected chi connectivity index (χ4v) is 1.91. The van der Waals surface area contributed by atoms with Crippen LogP contribution in [0.15, 0.2) is 30.3 Å². The molecule has 1 aromatic rings. The van der Waals surface area contributed by atoms with Gasteiger partial charge in [0.05, 0.1) is 0 Å². The minimum atomic E-state index is -0.144. The highest BCUT2D eigenvalue weighted by atomic mass is 16.1. The maximum absolute atomic E-state index is 11.7. The van der Waals surface area contributed by atoms with E-state index in [0.717, 1.165) is 18.4 Å². The van der Waals surface area contributed by atoms with Gasteiger partial charge in [0, 0.05) is 18.9 Å². The summed E-state index contributed by atoms with van der Waals surface area (Å²) in [6.07, 6.45) is 5.74. The summed E-state index contributed by atoms with van der Waals surface area (Å²) < 4.78 is 0. The van der Waals surface area contributed by atoms with Gasteiger partial charge in [0.2, 0.25) is 0 Å². The molecule has 0 aliphatic rings. The van der Waals surface area contributed by atoms with Crippen LogP contribution < -0.4 is 5.73 Å². The second kappa shape index (κ2) is 8.02. The standard InChI is InChI=1S/C15H23NO/c1-2-3-4-8-11-14(17)12-15(16)13-9-6-5-7-10-13/h5-7,9-10,15H,2-4,8,11-12,16H2,1H3. The fraction of sp³-hybridized carbons (Fsp3) is 0.533. The molecule has 2 heteroatoms. The Labute approximate surface area is 104 Å². The number of carbonyl (C=O) groups excluding carboxylic acids is 1. The molecule has 1 unspecified atom stereocenters. The number of unbranched alkanes of at least 4 members (excludes halogenated alkanes) is 3. The van der Waals surface area contributed by atoms with Gasteiger partial charge in [0.1, 0.15) is 5.78 Å². The van der Waals surface area contributed by atoms with Crippen LogP contribution in [0.4, 0.5) is 0 Å². The molecule has 2 nitrogen and oxygen atoms in total. The van der Waals surface area contributed by atoms with Gasteiger partial charge in [-0.3, -0.25) is 4.79 Å². The summed E-state index contributed by atoms with van der Waals surface area (Å²) in [6.45, 7) is 2.17. The third-order valence-corrected chi connectivity index (χ3v) is 2.98. The van der Waals surface area contributed by atoms with Gasteiger partial charge in [-0.2, -0.15) is 0 Å². The fourth-order valence-electron chi connectivity index (χ4n) is 1.91. The monoisotopic (exact) mass is 233 g/mol. The molecule has 0 radical (unpaired) electrons. The molecule has 94 valence electrons. The SMILES string of the molecule is CCCCCCC(=O)CC(N)c1ccccc1. The van der Waals surface area contributed by atoms with Gasteiger partial charge >= 0.3 is 0 Å². The second-order valence-electron chi connectivity index (χ2n) is 4.57. The van der Waals surface area contributed by atoms with Crippen LogP contribution in [0.5, 0.6) is 0 Å². The summed E-state index contributed by atoms with van der Waals surface area (Å²) >= 11 is 0. The lowest BCUT2D eigenvalue weighted by atomic mass is 9.99. The third-order valence-electron chi connectivity index (χ3n) is 2.98. The van der Waals surface area contributed by atoms with Crippen molar-refractivity contribution in [3.63, 3.8) is 0 Å². The normalized spacial score (nSPS) is 12.4. The quantitative estimate of drug-likeness (QED) is 0.697. The van der Waals surface area contributed by atoms with Crippen molar-refractivity contribution < 1.29 is 4.79 Å². The van der Waals surface area contributed by atoms with Crippen LogP contribution in [0.1, 0.15) is 57.1 Å². The van der Waals surface area contributed by atoms with E-state index in [1.165, 1.54) is 12.8 Å². The van der Waals surface area contributed by atoms with E-state index < -0.39 is 0 Å². The molecule has 0 saturated carbocycles.